The van der Waals surface area contributed by atoms with Gasteiger partial charge in [-0.15, -0.1) is 0 Å². The number of carbonyl (C=O) groups is 1. The maximum Gasteiger partial charge on any atom is 0.244 e. The number of likely N-dealkylation sites (N-methyl/N-ethyl adjacent to an activating group) is 1. The summed E-state index contributed by atoms with van der Waals surface area (Å²) in [6.07, 6.45) is 0. The van der Waals surface area contributed by atoms with Crippen LogP contribution in [0.3, 0.4) is 0 Å². The molecule has 110 valence electrons. The maximum absolute atomic E-state index is 12.6. The van der Waals surface area contributed by atoms with Crippen LogP contribution in [0.5, 0.6) is 0 Å². The second-order valence-corrected chi connectivity index (χ2v) is 8.30. The Bertz CT molecular complexity index is 661. The van der Waals surface area contributed by atoms with Crippen LogP contribution in [0.2, 0.25) is 0 Å². The van der Waals surface area contributed by atoms with Gasteiger partial charge in [0.15, 0.2) is 0 Å². The fraction of sp³-hybridized carbons (Fsp3) is 0.417. The van der Waals surface area contributed by atoms with Gasteiger partial charge in [0, 0.05) is 29.1 Å². The molecule has 1 aliphatic heterocycles. The summed E-state index contributed by atoms with van der Waals surface area (Å²) in [5.41, 5.74) is 0.935. The van der Waals surface area contributed by atoms with E-state index in [1.165, 1.54) is 9.21 Å². The molecule has 1 aromatic rings. The van der Waals surface area contributed by atoms with Gasteiger partial charge in [0.1, 0.15) is 0 Å². The number of carbonyl (C=O) groups excluding carboxylic acids is 1. The van der Waals surface area contributed by atoms with Crippen LogP contribution in [0.25, 0.3) is 0 Å². The SMILES string of the molecule is Cc1cc(Br)c(S(=O)(=O)N2CCN(C)C(=O)C2)cc1Br. The van der Waals surface area contributed by atoms with Gasteiger partial charge in [-0.1, -0.05) is 15.9 Å². The zero-order valence-electron chi connectivity index (χ0n) is 11.1. The van der Waals surface area contributed by atoms with Gasteiger partial charge < -0.3 is 4.90 Å². The number of rotatable bonds is 2. The van der Waals surface area contributed by atoms with Crippen molar-refractivity contribution in [2.45, 2.75) is 11.8 Å². The van der Waals surface area contributed by atoms with Crippen molar-refractivity contribution in [1.29, 1.82) is 0 Å². The lowest BCUT2D eigenvalue weighted by Crippen LogP contribution is -2.50. The third-order valence-corrected chi connectivity index (χ3v) is 6.91. The molecule has 0 N–H and O–H groups in total. The zero-order chi connectivity index (χ0) is 15.1. The molecule has 0 bridgehead atoms. The largest absolute Gasteiger partial charge is 0.343 e. The summed E-state index contributed by atoms with van der Waals surface area (Å²) in [7, 11) is -2.01. The van der Waals surface area contributed by atoms with Crippen LogP contribution in [0, 0.1) is 6.92 Å². The van der Waals surface area contributed by atoms with E-state index in [0.717, 1.165) is 10.0 Å². The van der Waals surface area contributed by atoms with Crippen LogP contribution in [0.4, 0.5) is 0 Å². The summed E-state index contributed by atoms with van der Waals surface area (Å²) >= 11 is 6.63. The van der Waals surface area contributed by atoms with Crippen LogP contribution in [-0.4, -0.2) is 50.2 Å². The Balaban J connectivity index is 2.41. The van der Waals surface area contributed by atoms with E-state index in [4.69, 9.17) is 0 Å². The van der Waals surface area contributed by atoms with E-state index in [2.05, 4.69) is 31.9 Å². The number of hydrogen-bond acceptors (Lipinski definition) is 3. The van der Waals surface area contributed by atoms with Crippen molar-refractivity contribution in [3.05, 3.63) is 26.6 Å². The molecular formula is C12H14Br2N2O3S. The fourth-order valence-corrected chi connectivity index (χ4v) is 4.93. The maximum atomic E-state index is 12.6. The van der Waals surface area contributed by atoms with E-state index in [1.807, 2.05) is 6.92 Å². The third kappa shape index (κ3) is 2.93. The van der Waals surface area contributed by atoms with Crippen molar-refractivity contribution >= 4 is 47.8 Å². The average molecular weight is 426 g/mol. The molecule has 0 unspecified atom stereocenters. The number of nitrogens with zero attached hydrogens (tertiary/aromatic N) is 2. The second kappa shape index (κ2) is 5.75. The van der Waals surface area contributed by atoms with E-state index in [-0.39, 0.29) is 17.3 Å². The van der Waals surface area contributed by atoms with Crippen LogP contribution in [0.15, 0.2) is 26.0 Å². The lowest BCUT2D eigenvalue weighted by atomic mass is 10.2. The second-order valence-electron chi connectivity index (χ2n) is 4.69. The molecule has 0 spiro atoms. The molecule has 1 fully saturated rings. The molecule has 0 radical (unpaired) electrons. The molecule has 2 rings (SSSR count). The van der Waals surface area contributed by atoms with E-state index in [1.54, 1.807) is 19.2 Å². The predicted molar refractivity (Wildman–Crippen MR) is 83.0 cm³/mol. The van der Waals surface area contributed by atoms with Gasteiger partial charge in [0.25, 0.3) is 0 Å². The Morgan fingerprint density at radius 3 is 2.40 bits per heavy atom. The summed E-state index contributed by atoms with van der Waals surface area (Å²) in [5, 5.41) is 0. The number of sulfonamides is 1. The number of benzene rings is 1. The Morgan fingerprint density at radius 1 is 1.15 bits per heavy atom. The van der Waals surface area contributed by atoms with Gasteiger partial charge in [-0.2, -0.15) is 4.31 Å². The van der Waals surface area contributed by atoms with Crippen molar-refractivity contribution in [3.63, 3.8) is 0 Å². The lowest BCUT2D eigenvalue weighted by molar-refractivity contribution is -0.132. The molecular weight excluding hydrogens is 412 g/mol. The first kappa shape index (κ1) is 15.9. The van der Waals surface area contributed by atoms with Gasteiger partial charge in [-0.25, -0.2) is 8.42 Å². The molecule has 1 heterocycles. The van der Waals surface area contributed by atoms with Gasteiger partial charge in [0.2, 0.25) is 15.9 Å². The number of aryl methyl sites for hydroxylation is 1. The quantitative estimate of drug-likeness (QED) is 0.727. The Kier molecular flexibility index (Phi) is 4.58. The van der Waals surface area contributed by atoms with E-state index in [9.17, 15) is 13.2 Å². The normalized spacial score (nSPS) is 17.6. The minimum Gasteiger partial charge on any atom is -0.343 e. The average Bonchev–Trinajstić information content (AvgIpc) is 2.36. The molecule has 0 atom stereocenters. The highest BCUT2D eigenvalue weighted by atomic mass is 79.9. The van der Waals surface area contributed by atoms with E-state index in [0.29, 0.717) is 17.6 Å². The zero-order valence-corrected chi connectivity index (χ0v) is 15.0. The summed E-state index contributed by atoms with van der Waals surface area (Å²) in [6.45, 7) is 2.48. The molecule has 1 aliphatic rings. The standard InChI is InChI=1S/C12H14Br2N2O3S/c1-8-5-10(14)11(6-9(8)13)20(18,19)16-4-3-15(2)12(17)7-16/h5-6H,3-4,7H2,1-2H3. The highest BCUT2D eigenvalue weighted by molar-refractivity contribution is 9.11. The topological polar surface area (TPSA) is 57.7 Å². The van der Waals surface area contributed by atoms with E-state index >= 15 is 0 Å². The first-order valence-corrected chi connectivity index (χ1v) is 8.96. The Labute approximate surface area is 135 Å². The summed E-state index contributed by atoms with van der Waals surface area (Å²) < 4.78 is 27.7. The van der Waals surface area contributed by atoms with Crippen LogP contribution >= 0.6 is 31.9 Å². The van der Waals surface area contributed by atoms with Gasteiger partial charge in [-0.3, -0.25) is 4.79 Å². The highest BCUT2D eigenvalue weighted by Gasteiger charge is 2.32. The molecule has 8 heteroatoms. The molecule has 1 saturated heterocycles. The molecule has 20 heavy (non-hydrogen) atoms. The Hall–Kier alpha value is -0.440. The minimum atomic E-state index is -3.68. The smallest absolute Gasteiger partial charge is 0.244 e. The minimum absolute atomic E-state index is 0.114. The first-order valence-electron chi connectivity index (χ1n) is 5.93. The van der Waals surface area contributed by atoms with Crippen LogP contribution in [-0.2, 0) is 14.8 Å². The number of halogens is 2. The first-order chi connectivity index (χ1) is 9.23. The van der Waals surface area contributed by atoms with Gasteiger partial charge >= 0.3 is 0 Å². The van der Waals surface area contributed by atoms with E-state index < -0.39 is 10.0 Å². The summed E-state index contributed by atoms with van der Waals surface area (Å²) in [4.78, 5) is 13.4. The number of hydrogen-bond donors (Lipinski definition) is 0. The lowest BCUT2D eigenvalue weighted by Gasteiger charge is -2.31. The third-order valence-electron chi connectivity index (χ3n) is 3.25. The molecule has 1 amide bonds. The molecule has 0 saturated carbocycles. The highest BCUT2D eigenvalue weighted by Crippen LogP contribution is 2.31. The molecule has 0 aliphatic carbocycles. The number of amides is 1. The van der Waals surface area contributed by atoms with Gasteiger partial charge in [0.05, 0.1) is 11.4 Å². The predicted octanol–water partition coefficient (Wildman–Crippen LogP) is 1.98. The number of piperazine rings is 1. The van der Waals surface area contributed by atoms with Crippen molar-refractivity contribution in [3.8, 4) is 0 Å². The Morgan fingerprint density at radius 2 is 1.80 bits per heavy atom. The van der Waals surface area contributed by atoms with Crippen molar-refractivity contribution in [2.24, 2.45) is 0 Å². The monoisotopic (exact) mass is 424 g/mol. The fourth-order valence-electron chi connectivity index (χ4n) is 1.91. The molecule has 1 aromatic carbocycles. The van der Waals surface area contributed by atoms with Crippen molar-refractivity contribution in [2.75, 3.05) is 26.7 Å². The summed E-state index contributed by atoms with van der Waals surface area (Å²) in [5.74, 6) is -0.192. The van der Waals surface area contributed by atoms with Crippen molar-refractivity contribution in [1.82, 2.24) is 9.21 Å². The van der Waals surface area contributed by atoms with Gasteiger partial charge in [-0.05, 0) is 40.5 Å². The van der Waals surface area contributed by atoms with Crippen LogP contribution < -0.4 is 0 Å². The summed E-state index contributed by atoms with van der Waals surface area (Å²) in [6, 6.07) is 3.31. The van der Waals surface area contributed by atoms with Crippen LogP contribution in [0.1, 0.15) is 5.56 Å². The van der Waals surface area contributed by atoms with Crippen molar-refractivity contribution < 1.29 is 13.2 Å². The molecule has 5 nitrogen and oxygen atoms in total. The molecule has 0 aromatic heterocycles.